The van der Waals surface area contributed by atoms with Gasteiger partial charge in [-0.3, -0.25) is 9.59 Å². The van der Waals surface area contributed by atoms with Crippen molar-refractivity contribution >= 4 is 27.6 Å². The van der Waals surface area contributed by atoms with Gasteiger partial charge >= 0.3 is 5.97 Å². The molecule has 0 aliphatic heterocycles. The second-order valence-corrected chi connectivity index (χ2v) is 8.16. The van der Waals surface area contributed by atoms with E-state index in [-0.39, 0.29) is 4.90 Å². The van der Waals surface area contributed by atoms with Gasteiger partial charge in [-0.2, -0.15) is 4.72 Å². The molecule has 2 rings (SSSR count). The first kappa shape index (κ1) is 22.4. The summed E-state index contributed by atoms with van der Waals surface area (Å²) in [6, 6.07) is 11.4. The minimum Gasteiger partial charge on any atom is -0.495 e. The highest BCUT2D eigenvalue weighted by Crippen LogP contribution is 2.23. The maximum Gasteiger partial charge on any atom is 0.321 e. The van der Waals surface area contributed by atoms with E-state index >= 15 is 0 Å². The largest absolute Gasteiger partial charge is 0.495 e. The maximum absolute atomic E-state index is 12.3. The zero-order valence-electron chi connectivity index (χ0n) is 16.7. The van der Waals surface area contributed by atoms with Crippen LogP contribution in [-0.4, -0.2) is 40.1 Å². The van der Waals surface area contributed by atoms with Gasteiger partial charge in [-0.25, -0.2) is 8.42 Å². The number of methoxy groups -OCH3 is 1. The summed E-state index contributed by atoms with van der Waals surface area (Å²) in [5.74, 6) is -0.986. The standard InChI is InChI=1S/C20H24N2O6S/c1-13-9-10-16(11-14(13)2)29(25,26)21-12-19(23)28-15(3)20(24)22-17-7-5-6-8-18(17)27-4/h5-11,15,21H,12H2,1-4H3,(H,22,24)/t15-/m0/s1. The van der Waals surface area contributed by atoms with E-state index in [1.807, 2.05) is 6.92 Å². The van der Waals surface area contributed by atoms with Crippen LogP contribution in [0, 0.1) is 13.8 Å². The highest BCUT2D eigenvalue weighted by molar-refractivity contribution is 7.89. The van der Waals surface area contributed by atoms with E-state index in [0.29, 0.717) is 11.4 Å². The Labute approximate surface area is 170 Å². The topological polar surface area (TPSA) is 111 Å². The lowest BCUT2D eigenvalue weighted by Crippen LogP contribution is -2.35. The molecule has 0 heterocycles. The fourth-order valence-corrected chi connectivity index (χ4v) is 3.45. The van der Waals surface area contributed by atoms with E-state index in [9.17, 15) is 18.0 Å². The van der Waals surface area contributed by atoms with Gasteiger partial charge in [0, 0.05) is 0 Å². The van der Waals surface area contributed by atoms with Crippen molar-refractivity contribution in [3.63, 3.8) is 0 Å². The molecule has 0 saturated carbocycles. The van der Waals surface area contributed by atoms with E-state index in [1.54, 1.807) is 37.3 Å². The smallest absolute Gasteiger partial charge is 0.321 e. The number of para-hydroxylation sites is 2. The third-order valence-corrected chi connectivity index (χ3v) is 5.64. The van der Waals surface area contributed by atoms with E-state index < -0.39 is 34.5 Å². The predicted octanol–water partition coefficient (Wildman–Crippen LogP) is 2.16. The molecule has 1 atom stereocenters. The first-order valence-electron chi connectivity index (χ1n) is 8.84. The number of aryl methyl sites for hydroxylation is 2. The number of amides is 1. The van der Waals surface area contributed by atoms with Gasteiger partial charge < -0.3 is 14.8 Å². The summed E-state index contributed by atoms with van der Waals surface area (Å²) in [6.45, 7) is 4.46. The number of nitrogens with one attached hydrogen (secondary N) is 2. The van der Waals surface area contributed by atoms with Crippen LogP contribution in [0.4, 0.5) is 5.69 Å². The minimum atomic E-state index is -3.88. The molecule has 0 bridgehead atoms. The van der Waals surface area contributed by atoms with Crippen LogP contribution in [0.25, 0.3) is 0 Å². The van der Waals surface area contributed by atoms with Gasteiger partial charge in [-0.05, 0) is 56.2 Å². The molecule has 2 aromatic rings. The third kappa shape index (κ3) is 6.03. The van der Waals surface area contributed by atoms with Gasteiger partial charge in [0.1, 0.15) is 12.3 Å². The zero-order chi connectivity index (χ0) is 21.6. The van der Waals surface area contributed by atoms with Crippen molar-refractivity contribution in [2.75, 3.05) is 19.0 Å². The highest BCUT2D eigenvalue weighted by Gasteiger charge is 2.21. The van der Waals surface area contributed by atoms with Gasteiger partial charge in [-0.15, -0.1) is 0 Å². The Morgan fingerprint density at radius 2 is 1.76 bits per heavy atom. The van der Waals surface area contributed by atoms with E-state index in [4.69, 9.17) is 9.47 Å². The van der Waals surface area contributed by atoms with Crippen LogP contribution < -0.4 is 14.8 Å². The summed E-state index contributed by atoms with van der Waals surface area (Å²) in [4.78, 5) is 24.3. The van der Waals surface area contributed by atoms with Crippen molar-refractivity contribution in [3.05, 3.63) is 53.6 Å². The Morgan fingerprint density at radius 3 is 2.41 bits per heavy atom. The fraction of sp³-hybridized carbons (Fsp3) is 0.300. The summed E-state index contributed by atoms with van der Waals surface area (Å²) in [5, 5.41) is 2.60. The van der Waals surface area contributed by atoms with Crippen LogP contribution in [-0.2, 0) is 24.3 Å². The number of hydrogen-bond donors (Lipinski definition) is 2. The summed E-state index contributed by atoms with van der Waals surface area (Å²) in [6.07, 6.45) is -1.13. The number of benzene rings is 2. The first-order chi connectivity index (χ1) is 13.6. The molecule has 29 heavy (non-hydrogen) atoms. The minimum absolute atomic E-state index is 0.0513. The Bertz CT molecular complexity index is 1000. The van der Waals surface area contributed by atoms with Gasteiger partial charge in [0.25, 0.3) is 5.91 Å². The Morgan fingerprint density at radius 1 is 1.07 bits per heavy atom. The third-order valence-electron chi connectivity index (χ3n) is 4.24. The number of hydrogen-bond acceptors (Lipinski definition) is 6. The highest BCUT2D eigenvalue weighted by atomic mass is 32.2. The lowest BCUT2D eigenvalue weighted by molar-refractivity contribution is -0.151. The second-order valence-electron chi connectivity index (χ2n) is 6.39. The Balaban J connectivity index is 1.92. The molecule has 0 spiro atoms. The number of anilines is 1. The molecule has 2 aromatic carbocycles. The molecule has 0 fully saturated rings. The van der Waals surface area contributed by atoms with Gasteiger partial charge in [0.15, 0.2) is 6.10 Å². The van der Waals surface area contributed by atoms with Crippen molar-refractivity contribution in [2.45, 2.75) is 31.8 Å². The van der Waals surface area contributed by atoms with E-state index in [2.05, 4.69) is 10.0 Å². The number of carbonyl (C=O) groups excluding carboxylic acids is 2. The summed E-state index contributed by atoms with van der Waals surface area (Å²) in [7, 11) is -2.41. The molecular weight excluding hydrogens is 396 g/mol. The lowest BCUT2D eigenvalue weighted by atomic mass is 10.1. The van der Waals surface area contributed by atoms with Crippen LogP contribution in [0.5, 0.6) is 5.75 Å². The number of rotatable bonds is 8. The van der Waals surface area contributed by atoms with Crippen molar-refractivity contribution in [3.8, 4) is 5.75 Å². The Hall–Kier alpha value is -2.91. The van der Waals surface area contributed by atoms with Crippen LogP contribution in [0.2, 0.25) is 0 Å². The normalized spacial score (nSPS) is 12.1. The molecule has 1 amide bonds. The average Bonchev–Trinajstić information content (AvgIpc) is 2.68. The Kier molecular flexibility index (Phi) is 7.35. The molecule has 9 heteroatoms. The van der Waals surface area contributed by atoms with E-state index in [0.717, 1.165) is 11.1 Å². The van der Waals surface area contributed by atoms with Crippen LogP contribution in [0.3, 0.4) is 0 Å². The lowest BCUT2D eigenvalue weighted by Gasteiger charge is -2.15. The first-order valence-corrected chi connectivity index (χ1v) is 10.3. The van der Waals surface area contributed by atoms with Gasteiger partial charge in [-0.1, -0.05) is 18.2 Å². The van der Waals surface area contributed by atoms with Gasteiger partial charge in [0.05, 0.1) is 17.7 Å². The van der Waals surface area contributed by atoms with E-state index in [1.165, 1.54) is 26.2 Å². The zero-order valence-corrected chi connectivity index (χ0v) is 17.5. The fourth-order valence-electron chi connectivity index (χ4n) is 2.39. The maximum atomic E-state index is 12.3. The molecule has 0 aliphatic carbocycles. The van der Waals surface area contributed by atoms with Crippen LogP contribution in [0.15, 0.2) is 47.4 Å². The predicted molar refractivity (Wildman–Crippen MR) is 108 cm³/mol. The molecule has 2 N–H and O–H groups in total. The second kappa shape index (κ2) is 9.53. The number of esters is 1. The molecule has 8 nitrogen and oxygen atoms in total. The molecule has 0 unspecified atom stereocenters. The average molecular weight is 420 g/mol. The quantitative estimate of drug-likeness (QED) is 0.633. The van der Waals surface area contributed by atoms with Crippen molar-refractivity contribution in [1.82, 2.24) is 4.72 Å². The molecule has 0 aliphatic rings. The summed E-state index contributed by atoms with van der Waals surface area (Å²) < 4.78 is 37.0. The van der Waals surface area contributed by atoms with Crippen molar-refractivity contribution < 1.29 is 27.5 Å². The number of sulfonamides is 1. The van der Waals surface area contributed by atoms with Crippen molar-refractivity contribution in [1.29, 1.82) is 0 Å². The van der Waals surface area contributed by atoms with Crippen molar-refractivity contribution in [2.24, 2.45) is 0 Å². The summed E-state index contributed by atoms with van der Waals surface area (Å²) >= 11 is 0. The number of ether oxygens (including phenoxy) is 2. The van der Waals surface area contributed by atoms with Crippen LogP contribution >= 0.6 is 0 Å². The molecule has 0 saturated heterocycles. The number of carbonyl (C=O) groups is 2. The molecule has 156 valence electrons. The summed E-state index contributed by atoms with van der Waals surface area (Å²) in [5.41, 5.74) is 2.20. The SMILES string of the molecule is COc1ccccc1NC(=O)[C@H](C)OC(=O)CNS(=O)(=O)c1ccc(C)c(C)c1. The molecule has 0 radical (unpaired) electrons. The van der Waals surface area contributed by atoms with Crippen LogP contribution in [0.1, 0.15) is 18.1 Å². The van der Waals surface area contributed by atoms with Gasteiger partial charge in [0.2, 0.25) is 10.0 Å². The monoisotopic (exact) mass is 420 g/mol. The molecule has 0 aromatic heterocycles. The molecular formula is C20H24N2O6S.